The van der Waals surface area contributed by atoms with E-state index in [2.05, 4.69) is 9.97 Å². The van der Waals surface area contributed by atoms with Gasteiger partial charge in [0.25, 0.3) is 5.91 Å². The molecule has 0 bridgehead atoms. The van der Waals surface area contributed by atoms with E-state index in [-0.39, 0.29) is 19.1 Å². The van der Waals surface area contributed by atoms with E-state index < -0.39 is 6.10 Å². The van der Waals surface area contributed by atoms with Gasteiger partial charge in [0.15, 0.2) is 16.6 Å². The monoisotopic (exact) mass is 437 g/mol. The Hall–Kier alpha value is -3.16. The van der Waals surface area contributed by atoms with Crippen LogP contribution < -0.4 is 14.4 Å². The molecule has 150 valence electrons. The molecular formula is C22H16ClN3O3S. The molecule has 0 saturated carbocycles. The predicted molar refractivity (Wildman–Crippen MR) is 116 cm³/mol. The summed E-state index contributed by atoms with van der Waals surface area (Å²) in [7, 11) is 0. The molecule has 0 saturated heterocycles. The van der Waals surface area contributed by atoms with Crippen molar-refractivity contribution in [3.05, 3.63) is 77.6 Å². The van der Waals surface area contributed by atoms with Crippen LogP contribution in [0.15, 0.2) is 66.9 Å². The summed E-state index contributed by atoms with van der Waals surface area (Å²) in [4.78, 5) is 24.1. The van der Waals surface area contributed by atoms with Crippen LogP contribution >= 0.6 is 22.9 Å². The number of aromatic nitrogens is 2. The number of carbonyl (C=O) groups excluding carboxylic acids is 1. The van der Waals surface area contributed by atoms with Gasteiger partial charge in [-0.1, -0.05) is 47.2 Å². The van der Waals surface area contributed by atoms with Gasteiger partial charge in [-0.2, -0.15) is 0 Å². The molecule has 1 aliphatic heterocycles. The van der Waals surface area contributed by atoms with Crippen molar-refractivity contribution >= 4 is 44.2 Å². The Morgan fingerprint density at radius 1 is 1.10 bits per heavy atom. The molecule has 1 amide bonds. The number of fused-ring (bicyclic) bond motifs is 2. The minimum absolute atomic E-state index is 0.125. The molecule has 2 aromatic heterocycles. The molecule has 0 aliphatic carbocycles. The number of thiazole rings is 1. The number of nitrogens with zero attached hydrogens (tertiary/aromatic N) is 3. The average Bonchev–Trinajstić information content (AvgIpc) is 3.23. The number of para-hydroxylation sites is 3. The van der Waals surface area contributed by atoms with Crippen LogP contribution in [-0.2, 0) is 11.3 Å². The lowest BCUT2D eigenvalue weighted by molar-refractivity contribution is -0.127. The summed E-state index contributed by atoms with van der Waals surface area (Å²) in [6.45, 7) is 0.388. The van der Waals surface area contributed by atoms with Gasteiger partial charge in [0.1, 0.15) is 12.1 Å². The lowest BCUT2D eigenvalue weighted by Gasteiger charge is -2.29. The molecule has 0 N–H and O–H groups in total. The van der Waals surface area contributed by atoms with Crippen molar-refractivity contribution in [2.24, 2.45) is 0 Å². The van der Waals surface area contributed by atoms with Crippen molar-refractivity contribution in [1.29, 1.82) is 0 Å². The van der Waals surface area contributed by atoms with Crippen molar-refractivity contribution in [1.82, 2.24) is 9.97 Å². The molecule has 0 radical (unpaired) electrons. The minimum atomic E-state index is -0.786. The van der Waals surface area contributed by atoms with E-state index >= 15 is 0 Å². The summed E-state index contributed by atoms with van der Waals surface area (Å²) in [5.41, 5.74) is 1.41. The smallest absolute Gasteiger partial charge is 0.273 e. The van der Waals surface area contributed by atoms with E-state index in [4.69, 9.17) is 21.1 Å². The lowest BCUT2D eigenvalue weighted by atomic mass is 10.2. The molecule has 4 aromatic rings. The van der Waals surface area contributed by atoms with Crippen LogP contribution in [0.3, 0.4) is 0 Å². The average molecular weight is 438 g/mol. The third kappa shape index (κ3) is 3.58. The number of anilines is 1. The first-order valence-electron chi connectivity index (χ1n) is 9.34. The largest absolute Gasteiger partial charge is 0.485 e. The molecule has 1 aliphatic rings. The highest BCUT2D eigenvalue weighted by Crippen LogP contribution is 2.35. The standard InChI is InChI=1S/C22H16ClN3O3S/c23-15-7-5-10-19-20(15)25-22(30-19)26(12-14-6-3-4-11-24-14)21(27)18-13-28-16-8-1-2-9-17(16)29-18/h1-11,18H,12-13H2/t18-/m0/s1. The number of rotatable bonds is 4. The topological polar surface area (TPSA) is 64.6 Å². The maximum Gasteiger partial charge on any atom is 0.273 e. The first-order valence-corrected chi connectivity index (χ1v) is 10.5. The zero-order valence-corrected chi connectivity index (χ0v) is 17.3. The molecule has 30 heavy (non-hydrogen) atoms. The maximum absolute atomic E-state index is 13.5. The minimum Gasteiger partial charge on any atom is -0.485 e. The number of benzene rings is 2. The van der Waals surface area contributed by atoms with Crippen molar-refractivity contribution in [2.45, 2.75) is 12.6 Å². The van der Waals surface area contributed by atoms with Gasteiger partial charge in [0, 0.05) is 6.20 Å². The number of amides is 1. The van der Waals surface area contributed by atoms with E-state index in [1.807, 2.05) is 48.5 Å². The van der Waals surface area contributed by atoms with Gasteiger partial charge >= 0.3 is 0 Å². The third-order valence-corrected chi connectivity index (χ3v) is 6.03. The van der Waals surface area contributed by atoms with Crippen LogP contribution in [0, 0.1) is 0 Å². The Balaban J connectivity index is 1.50. The normalized spacial score (nSPS) is 15.2. The fourth-order valence-electron chi connectivity index (χ4n) is 3.23. The second-order valence-corrected chi connectivity index (χ2v) is 8.11. The fourth-order valence-corrected chi connectivity index (χ4v) is 4.50. The summed E-state index contributed by atoms with van der Waals surface area (Å²) in [6, 6.07) is 18.5. The van der Waals surface area contributed by atoms with Crippen molar-refractivity contribution in [3.8, 4) is 11.5 Å². The summed E-state index contributed by atoms with van der Waals surface area (Å²) >= 11 is 7.71. The highest BCUT2D eigenvalue weighted by atomic mass is 35.5. The van der Waals surface area contributed by atoms with Gasteiger partial charge < -0.3 is 9.47 Å². The number of pyridine rings is 1. The van der Waals surface area contributed by atoms with Crippen LogP contribution in [0.2, 0.25) is 5.02 Å². The number of ether oxygens (including phenoxy) is 2. The Morgan fingerprint density at radius 2 is 1.93 bits per heavy atom. The molecule has 1 atom stereocenters. The van der Waals surface area contributed by atoms with Crippen molar-refractivity contribution < 1.29 is 14.3 Å². The van der Waals surface area contributed by atoms with Crippen LogP contribution in [0.1, 0.15) is 5.69 Å². The number of halogens is 1. The van der Waals surface area contributed by atoms with Gasteiger partial charge in [-0.25, -0.2) is 4.98 Å². The van der Waals surface area contributed by atoms with E-state index in [1.165, 1.54) is 11.3 Å². The molecule has 3 heterocycles. The van der Waals surface area contributed by atoms with Crippen LogP contribution in [-0.4, -0.2) is 28.6 Å². The van der Waals surface area contributed by atoms with Gasteiger partial charge in [-0.3, -0.25) is 14.7 Å². The van der Waals surface area contributed by atoms with Crippen molar-refractivity contribution in [3.63, 3.8) is 0 Å². The Morgan fingerprint density at radius 3 is 2.73 bits per heavy atom. The van der Waals surface area contributed by atoms with E-state index in [1.54, 1.807) is 23.2 Å². The van der Waals surface area contributed by atoms with Crippen LogP contribution in [0.5, 0.6) is 11.5 Å². The predicted octanol–water partition coefficient (Wildman–Crippen LogP) is 4.72. The quantitative estimate of drug-likeness (QED) is 0.462. The molecular weight excluding hydrogens is 422 g/mol. The summed E-state index contributed by atoms with van der Waals surface area (Å²) in [5, 5.41) is 1.09. The second kappa shape index (κ2) is 7.93. The van der Waals surface area contributed by atoms with Crippen LogP contribution in [0.25, 0.3) is 10.2 Å². The third-order valence-electron chi connectivity index (χ3n) is 4.69. The maximum atomic E-state index is 13.5. The zero-order chi connectivity index (χ0) is 20.5. The van der Waals surface area contributed by atoms with E-state index in [9.17, 15) is 4.79 Å². The molecule has 0 unspecified atom stereocenters. The fraction of sp³-hybridized carbons (Fsp3) is 0.136. The van der Waals surface area contributed by atoms with E-state index in [0.29, 0.717) is 27.2 Å². The van der Waals surface area contributed by atoms with E-state index in [0.717, 1.165) is 10.4 Å². The zero-order valence-electron chi connectivity index (χ0n) is 15.7. The Kier molecular flexibility index (Phi) is 4.98. The summed E-state index contributed by atoms with van der Waals surface area (Å²) < 4.78 is 12.6. The number of carbonyl (C=O) groups is 1. The molecule has 8 heteroatoms. The molecule has 5 rings (SSSR count). The Bertz CT molecular complexity index is 1210. The highest BCUT2D eigenvalue weighted by molar-refractivity contribution is 7.22. The molecule has 0 fully saturated rings. The lowest BCUT2D eigenvalue weighted by Crippen LogP contribution is -2.46. The van der Waals surface area contributed by atoms with Gasteiger partial charge in [-0.05, 0) is 36.4 Å². The number of hydrogen-bond acceptors (Lipinski definition) is 6. The van der Waals surface area contributed by atoms with Gasteiger partial charge in [0.2, 0.25) is 6.10 Å². The Labute approximate surface area is 181 Å². The van der Waals surface area contributed by atoms with Crippen molar-refractivity contribution in [2.75, 3.05) is 11.5 Å². The molecule has 0 spiro atoms. The summed E-state index contributed by atoms with van der Waals surface area (Å²) in [5.74, 6) is 0.933. The first kappa shape index (κ1) is 18.8. The second-order valence-electron chi connectivity index (χ2n) is 6.69. The molecule has 6 nitrogen and oxygen atoms in total. The number of hydrogen-bond donors (Lipinski definition) is 0. The first-order chi connectivity index (χ1) is 14.7. The highest BCUT2D eigenvalue weighted by Gasteiger charge is 2.33. The summed E-state index contributed by atoms with van der Waals surface area (Å²) in [6.07, 6.45) is 0.912. The SMILES string of the molecule is O=C([C@@H]1COc2ccccc2O1)N(Cc1ccccn1)c1nc2c(Cl)cccc2s1. The van der Waals surface area contributed by atoms with Gasteiger partial charge in [0.05, 0.1) is 22.0 Å². The molecule has 2 aromatic carbocycles. The van der Waals surface area contributed by atoms with Gasteiger partial charge in [-0.15, -0.1) is 0 Å². The van der Waals surface area contributed by atoms with Crippen LogP contribution in [0.4, 0.5) is 5.13 Å².